The van der Waals surface area contributed by atoms with Crippen molar-refractivity contribution >= 4 is 17.7 Å². The molecule has 1 aromatic carbocycles. The van der Waals surface area contributed by atoms with E-state index in [0.717, 1.165) is 36.6 Å². The summed E-state index contributed by atoms with van der Waals surface area (Å²) in [7, 11) is 0. The number of ether oxygens (including phenoxy) is 1. The van der Waals surface area contributed by atoms with Gasteiger partial charge in [0, 0.05) is 24.0 Å². The van der Waals surface area contributed by atoms with E-state index in [1.165, 1.54) is 0 Å². The molecule has 116 valence electrons. The fraction of sp³-hybridized carbons (Fsp3) is 0.562. The Hall–Kier alpha value is -1.20. The largest absolute Gasteiger partial charge is 0.494 e. The van der Waals surface area contributed by atoms with E-state index in [2.05, 4.69) is 0 Å². The highest BCUT2D eigenvalue weighted by molar-refractivity contribution is 8.00. The van der Waals surface area contributed by atoms with Crippen LogP contribution in [0.15, 0.2) is 29.2 Å². The van der Waals surface area contributed by atoms with Gasteiger partial charge in [-0.2, -0.15) is 0 Å². The normalized spacial score (nSPS) is 17.6. The van der Waals surface area contributed by atoms with E-state index in [0.29, 0.717) is 6.61 Å². The van der Waals surface area contributed by atoms with E-state index in [1.54, 1.807) is 11.8 Å². The zero-order valence-corrected chi connectivity index (χ0v) is 13.6. The number of hydrogen-bond acceptors (Lipinski definition) is 4. The van der Waals surface area contributed by atoms with Crippen molar-refractivity contribution in [2.45, 2.75) is 42.9 Å². The standard InChI is InChI=1S/C16H24N2O2S/c1-3-20-14-5-4-6-15(11-14)21-12(2)16(19)18-9-7-13(17)8-10-18/h4-6,11-13H,3,7-10,17H2,1-2H3. The molecule has 1 aliphatic rings. The van der Waals surface area contributed by atoms with E-state index in [4.69, 9.17) is 10.5 Å². The van der Waals surface area contributed by atoms with Crippen LogP contribution in [0.5, 0.6) is 5.75 Å². The summed E-state index contributed by atoms with van der Waals surface area (Å²) in [5, 5.41) is -0.0869. The van der Waals surface area contributed by atoms with E-state index in [1.807, 2.05) is 43.0 Å². The summed E-state index contributed by atoms with van der Waals surface area (Å²) in [5.74, 6) is 1.06. The lowest BCUT2D eigenvalue weighted by molar-refractivity contribution is -0.131. The van der Waals surface area contributed by atoms with Gasteiger partial charge in [-0.15, -0.1) is 11.8 Å². The van der Waals surface area contributed by atoms with E-state index in [9.17, 15) is 4.79 Å². The number of hydrogen-bond donors (Lipinski definition) is 1. The maximum Gasteiger partial charge on any atom is 0.235 e. The van der Waals surface area contributed by atoms with E-state index >= 15 is 0 Å². The summed E-state index contributed by atoms with van der Waals surface area (Å²) < 4.78 is 5.49. The number of carbonyl (C=O) groups is 1. The highest BCUT2D eigenvalue weighted by atomic mass is 32.2. The first-order valence-electron chi connectivity index (χ1n) is 7.54. The molecule has 0 bridgehead atoms. The quantitative estimate of drug-likeness (QED) is 0.849. The lowest BCUT2D eigenvalue weighted by atomic mass is 10.1. The Morgan fingerprint density at radius 1 is 1.48 bits per heavy atom. The third-order valence-electron chi connectivity index (χ3n) is 3.63. The molecule has 1 aromatic rings. The zero-order valence-electron chi connectivity index (χ0n) is 12.7. The van der Waals surface area contributed by atoms with Gasteiger partial charge in [-0.1, -0.05) is 6.07 Å². The number of likely N-dealkylation sites (tertiary alicyclic amines) is 1. The van der Waals surface area contributed by atoms with Gasteiger partial charge in [-0.25, -0.2) is 0 Å². The van der Waals surface area contributed by atoms with Crippen molar-refractivity contribution in [2.24, 2.45) is 5.73 Å². The van der Waals surface area contributed by atoms with Gasteiger partial charge in [-0.05, 0) is 44.9 Å². The molecule has 0 aliphatic carbocycles. The third kappa shape index (κ3) is 4.64. The first-order chi connectivity index (χ1) is 10.1. The van der Waals surface area contributed by atoms with Crippen LogP contribution in [0.3, 0.4) is 0 Å². The number of amides is 1. The van der Waals surface area contributed by atoms with Gasteiger partial charge in [0.25, 0.3) is 0 Å². The zero-order chi connectivity index (χ0) is 15.2. The molecule has 1 saturated heterocycles. The van der Waals surface area contributed by atoms with E-state index in [-0.39, 0.29) is 17.2 Å². The smallest absolute Gasteiger partial charge is 0.235 e. The molecule has 4 nitrogen and oxygen atoms in total. The molecule has 21 heavy (non-hydrogen) atoms. The van der Waals surface area contributed by atoms with Crippen LogP contribution in [0.25, 0.3) is 0 Å². The number of nitrogens with zero attached hydrogens (tertiary/aromatic N) is 1. The van der Waals surface area contributed by atoms with Crippen molar-refractivity contribution in [1.29, 1.82) is 0 Å². The summed E-state index contributed by atoms with van der Waals surface area (Å²) in [4.78, 5) is 15.5. The van der Waals surface area contributed by atoms with Gasteiger partial charge in [0.05, 0.1) is 11.9 Å². The maximum absolute atomic E-state index is 12.5. The lowest BCUT2D eigenvalue weighted by Gasteiger charge is -2.31. The Labute approximate surface area is 131 Å². The van der Waals surface area contributed by atoms with Crippen LogP contribution in [-0.4, -0.2) is 41.8 Å². The number of carbonyl (C=O) groups excluding carboxylic acids is 1. The fourth-order valence-electron chi connectivity index (χ4n) is 2.44. The van der Waals surface area contributed by atoms with Crippen LogP contribution in [0.1, 0.15) is 26.7 Å². The van der Waals surface area contributed by atoms with Gasteiger partial charge in [0.1, 0.15) is 5.75 Å². The van der Waals surface area contributed by atoms with Crippen LogP contribution in [0.4, 0.5) is 0 Å². The van der Waals surface area contributed by atoms with Crippen LogP contribution >= 0.6 is 11.8 Å². The molecular weight excluding hydrogens is 284 g/mol. The first kappa shape index (κ1) is 16.2. The number of nitrogens with two attached hydrogens (primary N) is 1. The Morgan fingerprint density at radius 3 is 2.86 bits per heavy atom. The fourth-order valence-corrected chi connectivity index (χ4v) is 3.43. The van der Waals surface area contributed by atoms with E-state index < -0.39 is 0 Å². The van der Waals surface area contributed by atoms with Crippen molar-refractivity contribution in [3.63, 3.8) is 0 Å². The minimum Gasteiger partial charge on any atom is -0.494 e. The molecule has 1 amide bonds. The number of rotatable bonds is 5. The predicted octanol–water partition coefficient (Wildman–Crippen LogP) is 2.52. The molecule has 1 atom stereocenters. The second-order valence-electron chi connectivity index (χ2n) is 5.33. The van der Waals surface area contributed by atoms with Crippen molar-refractivity contribution < 1.29 is 9.53 Å². The average molecular weight is 308 g/mol. The number of piperidine rings is 1. The minimum absolute atomic E-state index is 0.0869. The lowest BCUT2D eigenvalue weighted by Crippen LogP contribution is -2.45. The molecule has 0 aromatic heterocycles. The highest BCUT2D eigenvalue weighted by Gasteiger charge is 2.25. The maximum atomic E-state index is 12.5. The van der Waals surface area contributed by atoms with Crippen molar-refractivity contribution in [2.75, 3.05) is 19.7 Å². The van der Waals surface area contributed by atoms with Crippen molar-refractivity contribution in [3.8, 4) is 5.75 Å². The molecule has 0 spiro atoms. The van der Waals surface area contributed by atoms with Gasteiger partial charge in [0.2, 0.25) is 5.91 Å². The Morgan fingerprint density at radius 2 is 2.19 bits per heavy atom. The molecular formula is C16H24N2O2S. The Balaban J connectivity index is 1.92. The predicted molar refractivity (Wildman–Crippen MR) is 86.7 cm³/mol. The molecule has 1 aliphatic heterocycles. The summed E-state index contributed by atoms with van der Waals surface area (Å²) in [6.07, 6.45) is 1.81. The van der Waals surface area contributed by atoms with Crippen molar-refractivity contribution in [1.82, 2.24) is 4.90 Å². The molecule has 1 unspecified atom stereocenters. The monoisotopic (exact) mass is 308 g/mol. The van der Waals surface area contributed by atoms with Crippen molar-refractivity contribution in [3.05, 3.63) is 24.3 Å². The number of thioether (sulfide) groups is 1. The second-order valence-corrected chi connectivity index (χ2v) is 6.74. The molecule has 0 saturated carbocycles. The molecule has 1 fully saturated rings. The minimum atomic E-state index is -0.0869. The highest BCUT2D eigenvalue weighted by Crippen LogP contribution is 2.28. The Kier molecular flexibility index (Phi) is 5.94. The second kappa shape index (κ2) is 7.71. The summed E-state index contributed by atoms with van der Waals surface area (Å²) in [6, 6.07) is 8.16. The summed E-state index contributed by atoms with van der Waals surface area (Å²) >= 11 is 1.58. The van der Waals surface area contributed by atoms with Crippen LogP contribution in [-0.2, 0) is 4.79 Å². The molecule has 0 radical (unpaired) electrons. The van der Waals surface area contributed by atoms with Gasteiger partial charge in [0.15, 0.2) is 0 Å². The molecule has 2 rings (SSSR count). The van der Waals surface area contributed by atoms with Crippen LogP contribution in [0.2, 0.25) is 0 Å². The molecule has 5 heteroatoms. The van der Waals surface area contributed by atoms with Gasteiger partial charge < -0.3 is 15.4 Å². The molecule has 1 heterocycles. The average Bonchev–Trinajstić information content (AvgIpc) is 2.48. The molecule has 2 N–H and O–H groups in total. The van der Waals surface area contributed by atoms with Gasteiger partial charge >= 0.3 is 0 Å². The van der Waals surface area contributed by atoms with Gasteiger partial charge in [-0.3, -0.25) is 4.79 Å². The SMILES string of the molecule is CCOc1cccc(SC(C)C(=O)N2CCC(N)CC2)c1. The summed E-state index contributed by atoms with van der Waals surface area (Å²) in [5.41, 5.74) is 5.88. The third-order valence-corrected chi connectivity index (χ3v) is 4.71. The topological polar surface area (TPSA) is 55.6 Å². The first-order valence-corrected chi connectivity index (χ1v) is 8.42. The van der Waals surface area contributed by atoms with Crippen LogP contribution in [0, 0.1) is 0 Å². The number of benzene rings is 1. The Bertz CT molecular complexity index is 473. The summed E-state index contributed by atoms with van der Waals surface area (Å²) in [6.45, 7) is 6.15. The van der Waals surface area contributed by atoms with Crippen LogP contribution < -0.4 is 10.5 Å².